The number of anilines is 3. The molecular formula is C22H25N3O2. The maximum Gasteiger partial charge on any atom is 0.232 e. The molecule has 2 heterocycles. The summed E-state index contributed by atoms with van der Waals surface area (Å²) in [6.07, 6.45) is 2.05. The highest BCUT2D eigenvalue weighted by Crippen LogP contribution is 2.35. The molecule has 2 aromatic carbocycles. The fourth-order valence-corrected chi connectivity index (χ4v) is 4.23. The Kier molecular flexibility index (Phi) is 4.38. The van der Waals surface area contributed by atoms with Gasteiger partial charge in [0.05, 0.1) is 5.92 Å². The summed E-state index contributed by atoms with van der Waals surface area (Å²) >= 11 is 0. The lowest BCUT2D eigenvalue weighted by molar-refractivity contribution is -0.124. The van der Waals surface area contributed by atoms with Crippen molar-refractivity contribution in [2.45, 2.75) is 33.1 Å². The summed E-state index contributed by atoms with van der Waals surface area (Å²) in [5, 5.41) is 0. The third-order valence-electron chi connectivity index (χ3n) is 5.89. The van der Waals surface area contributed by atoms with Crippen molar-refractivity contribution < 1.29 is 9.59 Å². The Labute approximate surface area is 159 Å². The predicted octanol–water partition coefficient (Wildman–Crippen LogP) is 3.22. The van der Waals surface area contributed by atoms with Gasteiger partial charge in [0.15, 0.2) is 0 Å². The van der Waals surface area contributed by atoms with E-state index in [1.807, 2.05) is 55.1 Å². The number of carbonyl (C=O) groups is 2. The van der Waals surface area contributed by atoms with Gasteiger partial charge in [0.1, 0.15) is 0 Å². The van der Waals surface area contributed by atoms with E-state index in [0.29, 0.717) is 13.1 Å². The molecule has 5 nitrogen and oxygen atoms in total. The largest absolute Gasteiger partial charge is 0.398 e. The number of fused-ring (bicyclic) bond motifs is 1. The molecule has 0 aromatic heterocycles. The lowest BCUT2D eigenvalue weighted by atomic mass is 9.97. The molecule has 1 fully saturated rings. The average molecular weight is 363 g/mol. The van der Waals surface area contributed by atoms with Gasteiger partial charge in [-0.2, -0.15) is 0 Å². The fraction of sp³-hybridized carbons (Fsp3) is 0.364. The predicted molar refractivity (Wildman–Crippen MR) is 108 cm³/mol. The molecule has 0 radical (unpaired) electrons. The van der Waals surface area contributed by atoms with Gasteiger partial charge >= 0.3 is 0 Å². The first-order valence-electron chi connectivity index (χ1n) is 9.52. The average Bonchev–Trinajstić information content (AvgIpc) is 3.05. The number of hydrogen-bond acceptors (Lipinski definition) is 3. The number of benzene rings is 2. The van der Waals surface area contributed by atoms with Gasteiger partial charge in [-0.05, 0) is 61.6 Å². The van der Waals surface area contributed by atoms with E-state index in [1.165, 1.54) is 0 Å². The smallest absolute Gasteiger partial charge is 0.232 e. The van der Waals surface area contributed by atoms with Gasteiger partial charge in [0.2, 0.25) is 11.8 Å². The quantitative estimate of drug-likeness (QED) is 0.833. The van der Waals surface area contributed by atoms with Crippen molar-refractivity contribution >= 4 is 28.9 Å². The molecule has 1 atom stereocenters. The van der Waals surface area contributed by atoms with Crippen molar-refractivity contribution in [1.82, 2.24) is 0 Å². The van der Waals surface area contributed by atoms with Crippen LogP contribution in [-0.2, 0) is 16.0 Å². The van der Waals surface area contributed by atoms with E-state index in [-0.39, 0.29) is 24.2 Å². The molecule has 0 spiro atoms. The third kappa shape index (κ3) is 2.97. The number of aryl methyl sites for hydroxylation is 1. The standard InChI is InChI=1S/C22H25N3O2/c1-14-6-3-9-19(15(14)2)25-13-16(12-21(25)26)22(27)24-11-5-7-17-18(23)8-4-10-20(17)24/h3-4,6,8-10,16H,5,7,11-13,23H2,1-2H3. The van der Waals surface area contributed by atoms with Crippen molar-refractivity contribution in [3.63, 3.8) is 0 Å². The van der Waals surface area contributed by atoms with Crippen LogP contribution in [0.5, 0.6) is 0 Å². The zero-order valence-electron chi connectivity index (χ0n) is 15.9. The zero-order valence-corrected chi connectivity index (χ0v) is 15.9. The van der Waals surface area contributed by atoms with Gasteiger partial charge in [-0.25, -0.2) is 0 Å². The summed E-state index contributed by atoms with van der Waals surface area (Å²) in [6, 6.07) is 11.7. The summed E-state index contributed by atoms with van der Waals surface area (Å²) in [5.74, 6) is -0.264. The number of carbonyl (C=O) groups excluding carboxylic acids is 2. The second-order valence-electron chi connectivity index (χ2n) is 7.56. The molecule has 2 aromatic rings. The van der Waals surface area contributed by atoms with E-state index in [9.17, 15) is 9.59 Å². The van der Waals surface area contributed by atoms with E-state index in [4.69, 9.17) is 5.73 Å². The number of nitrogen functional groups attached to an aromatic ring is 1. The summed E-state index contributed by atoms with van der Waals surface area (Å²) < 4.78 is 0. The van der Waals surface area contributed by atoms with Gasteiger partial charge in [0.25, 0.3) is 0 Å². The third-order valence-corrected chi connectivity index (χ3v) is 5.89. The van der Waals surface area contributed by atoms with E-state index in [2.05, 4.69) is 0 Å². The van der Waals surface area contributed by atoms with Crippen LogP contribution in [0.3, 0.4) is 0 Å². The molecular weight excluding hydrogens is 338 g/mol. The zero-order chi connectivity index (χ0) is 19.1. The highest BCUT2D eigenvalue weighted by Gasteiger charge is 2.39. The first-order chi connectivity index (χ1) is 13.0. The number of rotatable bonds is 2. The molecule has 1 saturated heterocycles. The Morgan fingerprint density at radius 3 is 2.67 bits per heavy atom. The molecule has 0 bridgehead atoms. The molecule has 5 heteroatoms. The SMILES string of the molecule is Cc1cccc(N2CC(C(=O)N3CCCc4c(N)cccc43)CC2=O)c1C. The highest BCUT2D eigenvalue weighted by molar-refractivity contribution is 6.05. The highest BCUT2D eigenvalue weighted by atomic mass is 16.2. The van der Waals surface area contributed by atoms with E-state index in [1.54, 1.807) is 4.90 Å². The molecule has 2 amide bonds. The normalized spacial score (nSPS) is 19.3. The number of amides is 2. The van der Waals surface area contributed by atoms with Crippen molar-refractivity contribution in [1.29, 1.82) is 0 Å². The van der Waals surface area contributed by atoms with Crippen LogP contribution in [0.2, 0.25) is 0 Å². The Hall–Kier alpha value is -2.82. The Morgan fingerprint density at radius 1 is 1.11 bits per heavy atom. The second-order valence-corrected chi connectivity index (χ2v) is 7.56. The minimum absolute atomic E-state index is 0.0202. The van der Waals surface area contributed by atoms with Crippen LogP contribution in [0.15, 0.2) is 36.4 Å². The molecule has 4 rings (SSSR count). The van der Waals surface area contributed by atoms with Gasteiger partial charge in [0, 0.05) is 36.6 Å². The Bertz CT molecular complexity index is 922. The summed E-state index contributed by atoms with van der Waals surface area (Å²) in [5.41, 5.74) is 12.0. The van der Waals surface area contributed by atoms with E-state index >= 15 is 0 Å². The topological polar surface area (TPSA) is 66.6 Å². The van der Waals surface area contributed by atoms with Crippen LogP contribution in [-0.4, -0.2) is 24.9 Å². The molecule has 2 aliphatic heterocycles. The van der Waals surface area contributed by atoms with Crippen LogP contribution in [0.4, 0.5) is 17.1 Å². The first-order valence-corrected chi connectivity index (χ1v) is 9.52. The van der Waals surface area contributed by atoms with E-state index < -0.39 is 0 Å². The lowest BCUT2D eigenvalue weighted by Crippen LogP contribution is -2.40. The molecule has 140 valence electrons. The fourth-order valence-electron chi connectivity index (χ4n) is 4.23. The number of nitrogens with two attached hydrogens (primary N) is 1. The molecule has 27 heavy (non-hydrogen) atoms. The van der Waals surface area contributed by atoms with Gasteiger partial charge in [-0.3, -0.25) is 9.59 Å². The summed E-state index contributed by atoms with van der Waals surface area (Å²) in [6.45, 7) is 5.19. The van der Waals surface area contributed by atoms with Crippen LogP contribution in [0, 0.1) is 19.8 Å². The minimum atomic E-state index is -0.315. The van der Waals surface area contributed by atoms with Gasteiger partial charge < -0.3 is 15.5 Å². The Balaban J connectivity index is 1.59. The molecule has 1 unspecified atom stereocenters. The van der Waals surface area contributed by atoms with Crippen LogP contribution >= 0.6 is 0 Å². The van der Waals surface area contributed by atoms with Crippen LogP contribution in [0.25, 0.3) is 0 Å². The number of nitrogens with zero attached hydrogens (tertiary/aromatic N) is 2. The lowest BCUT2D eigenvalue weighted by Gasteiger charge is -2.32. The van der Waals surface area contributed by atoms with Gasteiger partial charge in [-0.15, -0.1) is 0 Å². The van der Waals surface area contributed by atoms with E-state index in [0.717, 1.165) is 46.6 Å². The van der Waals surface area contributed by atoms with Crippen LogP contribution in [0.1, 0.15) is 29.5 Å². The maximum atomic E-state index is 13.3. The molecule has 2 N–H and O–H groups in total. The second kappa shape index (κ2) is 6.72. The summed E-state index contributed by atoms with van der Waals surface area (Å²) in [4.78, 5) is 29.5. The van der Waals surface area contributed by atoms with Crippen molar-refractivity contribution in [3.05, 3.63) is 53.1 Å². The van der Waals surface area contributed by atoms with Gasteiger partial charge in [-0.1, -0.05) is 18.2 Å². The van der Waals surface area contributed by atoms with Crippen LogP contribution < -0.4 is 15.5 Å². The van der Waals surface area contributed by atoms with Crippen molar-refractivity contribution in [2.75, 3.05) is 28.6 Å². The first kappa shape index (κ1) is 17.6. The minimum Gasteiger partial charge on any atom is -0.398 e. The summed E-state index contributed by atoms with van der Waals surface area (Å²) in [7, 11) is 0. The molecule has 2 aliphatic rings. The van der Waals surface area contributed by atoms with Crippen molar-refractivity contribution in [3.8, 4) is 0 Å². The molecule has 0 aliphatic carbocycles. The maximum absolute atomic E-state index is 13.3. The Morgan fingerprint density at radius 2 is 1.85 bits per heavy atom. The number of hydrogen-bond donors (Lipinski definition) is 1. The van der Waals surface area contributed by atoms with Crippen molar-refractivity contribution in [2.24, 2.45) is 5.92 Å². The monoisotopic (exact) mass is 363 g/mol. The molecule has 0 saturated carbocycles.